The van der Waals surface area contributed by atoms with Gasteiger partial charge in [-0.05, 0) is 47.1 Å². The Hall–Kier alpha value is -2.31. The van der Waals surface area contributed by atoms with Crippen molar-refractivity contribution in [1.82, 2.24) is 0 Å². The maximum atomic E-state index is 6.66. The first-order chi connectivity index (χ1) is 11.7. The van der Waals surface area contributed by atoms with Crippen LogP contribution in [0.15, 0.2) is 78.9 Å². The standard InChI is InChI=1S/C23H21Cl/c1-3-18-12-8-9-13-20(18)21-14-7-5-4-6-11-17(2)19-15-10-16-22(24)23(19)21/h4-16H,3H2,1-2H3. The van der Waals surface area contributed by atoms with Crippen LogP contribution in [-0.4, -0.2) is 0 Å². The summed E-state index contributed by atoms with van der Waals surface area (Å²) in [6, 6.07) is 27.3. The van der Waals surface area contributed by atoms with Crippen LogP contribution >= 0.6 is 11.6 Å². The minimum atomic E-state index is 0.787. The van der Waals surface area contributed by atoms with Gasteiger partial charge in [-0.1, -0.05) is 91.3 Å². The van der Waals surface area contributed by atoms with Crippen LogP contribution in [0.25, 0.3) is 21.9 Å². The molecule has 120 valence electrons. The molecule has 0 unspecified atom stereocenters. The van der Waals surface area contributed by atoms with Crippen molar-refractivity contribution in [2.45, 2.75) is 20.3 Å². The zero-order valence-electron chi connectivity index (χ0n) is 14.1. The maximum Gasteiger partial charge on any atom is 0.0490 e. The number of aryl methyl sites for hydroxylation is 2. The molecule has 0 saturated carbocycles. The molecule has 0 saturated heterocycles. The summed E-state index contributed by atoms with van der Waals surface area (Å²) in [6.45, 7) is 4.32. The van der Waals surface area contributed by atoms with Gasteiger partial charge in [0.25, 0.3) is 0 Å². The number of hydrogen-bond donors (Lipinski definition) is 0. The minimum absolute atomic E-state index is 0.787. The summed E-state index contributed by atoms with van der Waals surface area (Å²) >= 11 is 6.66. The van der Waals surface area contributed by atoms with Crippen LogP contribution in [0.4, 0.5) is 0 Å². The van der Waals surface area contributed by atoms with Crippen molar-refractivity contribution in [3.63, 3.8) is 0 Å². The lowest BCUT2D eigenvalue weighted by Gasteiger charge is -2.11. The molecule has 3 aromatic carbocycles. The Kier molecular flexibility index (Phi) is 5.17. The monoisotopic (exact) mass is 332 g/mol. The van der Waals surface area contributed by atoms with Gasteiger partial charge in [-0.15, -0.1) is 0 Å². The molecule has 0 radical (unpaired) electrons. The number of hydrogen-bond acceptors (Lipinski definition) is 0. The fraction of sp³-hybridized carbons (Fsp3) is 0.130. The fourth-order valence-corrected chi connectivity index (χ4v) is 3.37. The van der Waals surface area contributed by atoms with Crippen LogP contribution in [-0.2, 0) is 6.42 Å². The Morgan fingerprint density at radius 2 is 1.38 bits per heavy atom. The van der Waals surface area contributed by atoms with E-state index in [9.17, 15) is 0 Å². The first-order valence-corrected chi connectivity index (χ1v) is 8.69. The molecule has 24 heavy (non-hydrogen) atoms. The summed E-state index contributed by atoms with van der Waals surface area (Å²) in [7, 11) is 0. The molecule has 0 atom stereocenters. The van der Waals surface area contributed by atoms with Crippen LogP contribution < -0.4 is 0 Å². The molecule has 0 heterocycles. The second-order valence-corrected chi connectivity index (χ2v) is 6.28. The first-order valence-electron chi connectivity index (χ1n) is 8.32. The van der Waals surface area contributed by atoms with Gasteiger partial charge in [-0.3, -0.25) is 0 Å². The molecule has 1 heteroatoms. The summed E-state index contributed by atoms with van der Waals surface area (Å²) in [5, 5.41) is 3.07. The van der Waals surface area contributed by atoms with Gasteiger partial charge in [0.1, 0.15) is 0 Å². The van der Waals surface area contributed by atoms with E-state index in [1.165, 1.54) is 27.6 Å². The van der Waals surface area contributed by atoms with Crippen molar-refractivity contribution >= 4 is 22.4 Å². The van der Waals surface area contributed by atoms with Crippen LogP contribution in [0.2, 0.25) is 5.02 Å². The van der Waals surface area contributed by atoms with Crippen LogP contribution in [0.1, 0.15) is 18.1 Å². The Morgan fingerprint density at radius 3 is 2.17 bits per heavy atom. The van der Waals surface area contributed by atoms with Crippen molar-refractivity contribution < 1.29 is 0 Å². The van der Waals surface area contributed by atoms with Crippen LogP contribution in [0, 0.1) is 6.92 Å². The lowest BCUT2D eigenvalue weighted by Crippen LogP contribution is -1.88. The van der Waals surface area contributed by atoms with Gasteiger partial charge in [-0.25, -0.2) is 0 Å². The average Bonchev–Trinajstić information content (AvgIpc) is 2.61. The van der Waals surface area contributed by atoms with E-state index in [4.69, 9.17) is 11.6 Å². The fourth-order valence-electron chi connectivity index (χ4n) is 3.10. The molecule has 0 aromatic heterocycles. The zero-order valence-corrected chi connectivity index (χ0v) is 14.8. The van der Waals surface area contributed by atoms with Gasteiger partial charge in [0.05, 0.1) is 0 Å². The Labute approximate surface area is 149 Å². The lowest BCUT2D eigenvalue weighted by molar-refractivity contribution is 1.14. The van der Waals surface area contributed by atoms with E-state index in [0.717, 1.165) is 16.8 Å². The second kappa shape index (κ2) is 7.51. The van der Waals surface area contributed by atoms with E-state index in [1.807, 2.05) is 12.1 Å². The molecule has 0 aliphatic heterocycles. The van der Waals surface area contributed by atoms with Gasteiger partial charge in [0.2, 0.25) is 0 Å². The topological polar surface area (TPSA) is 0 Å². The van der Waals surface area contributed by atoms with Crippen molar-refractivity contribution in [2.24, 2.45) is 0 Å². The summed E-state index contributed by atoms with van der Waals surface area (Å²) < 4.78 is 0. The second-order valence-electron chi connectivity index (χ2n) is 5.87. The predicted octanol–water partition coefficient (Wildman–Crippen LogP) is 7.16. The highest BCUT2D eigenvalue weighted by Crippen LogP contribution is 2.35. The zero-order chi connectivity index (χ0) is 16.9. The van der Waals surface area contributed by atoms with E-state index in [1.54, 1.807) is 0 Å². The van der Waals surface area contributed by atoms with Crippen molar-refractivity contribution in [1.29, 1.82) is 0 Å². The summed E-state index contributed by atoms with van der Waals surface area (Å²) in [5.74, 6) is 0. The maximum absolute atomic E-state index is 6.66. The number of rotatable bonds is 2. The van der Waals surface area contributed by atoms with E-state index in [-0.39, 0.29) is 0 Å². The quantitative estimate of drug-likeness (QED) is 0.467. The highest BCUT2D eigenvalue weighted by molar-refractivity contribution is 6.36. The molecule has 0 spiro atoms. The van der Waals surface area contributed by atoms with E-state index >= 15 is 0 Å². The van der Waals surface area contributed by atoms with Gasteiger partial charge in [0.15, 0.2) is 0 Å². The molecule has 0 aliphatic rings. The largest absolute Gasteiger partial charge is 0.0836 e. The van der Waals surface area contributed by atoms with Gasteiger partial charge >= 0.3 is 0 Å². The molecule has 0 amide bonds. The Morgan fingerprint density at radius 1 is 0.708 bits per heavy atom. The molecule has 0 bridgehead atoms. The third-order valence-corrected chi connectivity index (χ3v) is 4.65. The van der Waals surface area contributed by atoms with Crippen molar-refractivity contribution in [3.8, 4) is 11.1 Å². The van der Waals surface area contributed by atoms with Gasteiger partial charge < -0.3 is 0 Å². The molecular formula is C23H21Cl. The summed E-state index contributed by atoms with van der Waals surface area (Å²) in [5.41, 5.74) is 4.96. The number of benzene rings is 2. The summed E-state index contributed by atoms with van der Waals surface area (Å²) in [6.07, 6.45) is 0.992. The Balaban J connectivity index is 2.54. The Bertz CT molecular complexity index is 924. The average molecular weight is 333 g/mol. The predicted molar refractivity (Wildman–Crippen MR) is 106 cm³/mol. The van der Waals surface area contributed by atoms with E-state index < -0.39 is 0 Å². The molecule has 3 rings (SSSR count). The van der Waals surface area contributed by atoms with Crippen molar-refractivity contribution in [2.75, 3.05) is 0 Å². The smallest absolute Gasteiger partial charge is 0.0490 e. The summed E-state index contributed by atoms with van der Waals surface area (Å²) in [4.78, 5) is 0. The lowest BCUT2D eigenvalue weighted by atomic mass is 9.94. The highest BCUT2D eigenvalue weighted by atomic mass is 35.5. The van der Waals surface area contributed by atoms with E-state index in [0.29, 0.717) is 0 Å². The molecular weight excluding hydrogens is 312 g/mol. The molecule has 0 aliphatic carbocycles. The molecule has 0 fully saturated rings. The van der Waals surface area contributed by atoms with Gasteiger partial charge in [-0.2, -0.15) is 0 Å². The highest BCUT2D eigenvalue weighted by Gasteiger charge is 2.09. The SMILES string of the molecule is CCc1ccccc1-c1ccccccc(C)c2cccc(Cl)c12. The molecule has 0 N–H and O–H groups in total. The number of fused-ring (bicyclic) bond motifs is 1. The van der Waals surface area contributed by atoms with Gasteiger partial charge in [0, 0.05) is 10.4 Å². The third kappa shape index (κ3) is 3.29. The first kappa shape index (κ1) is 16.5. The normalized spacial score (nSPS) is 10.5. The minimum Gasteiger partial charge on any atom is -0.0836 e. The van der Waals surface area contributed by atoms with E-state index in [2.05, 4.69) is 80.6 Å². The third-order valence-electron chi connectivity index (χ3n) is 4.34. The van der Waals surface area contributed by atoms with Crippen molar-refractivity contribution in [3.05, 3.63) is 95.0 Å². The van der Waals surface area contributed by atoms with Crippen LogP contribution in [0.5, 0.6) is 0 Å². The molecule has 0 nitrogen and oxygen atoms in total. The van der Waals surface area contributed by atoms with Crippen LogP contribution in [0.3, 0.4) is 0 Å². The number of halogens is 1. The molecule has 3 aromatic rings.